The number of carbonyl (C=O) groups is 1. The number of rotatable bonds is 1. The summed E-state index contributed by atoms with van der Waals surface area (Å²) in [7, 11) is 0. The Morgan fingerprint density at radius 3 is 1.69 bits per heavy atom. The lowest BCUT2D eigenvalue weighted by Gasteiger charge is -2.16. The van der Waals surface area contributed by atoms with Crippen molar-refractivity contribution in [3.63, 3.8) is 0 Å². The molecular formula is C10H23NO2. The van der Waals surface area contributed by atoms with Gasteiger partial charge < -0.3 is 10.5 Å². The fourth-order valence-corrected chi connectivity index (χ4v) is 0.302. The van der Waals surface area contributed by atoms with Crippen LogP contribution in [0.3, 0.4) is 0 Å². The molecule has 0 aliphatic carbocycles. The van der Waals surface area contributed by atoms with Crippen LogP contribution in [0.2, 0.25) is 0 Å². The summed E-state index contributed by atoms with van der Waals surface area (Å²) in [5.74, 6) is 0.884. The van der Waals surface area contributed by atoms with Crippen LogP contribution in [0.4, 0.5) is 4.79 Å². The minimum atomic E-state index is -0.725. The molecule has 0 saturated carbocycles. The van der Waals surface area contributed by atoms with Crippen molar-refractivity contribution in [1.82, 2.24) is 0 Å². The zero-order valence-electron chi connectivity index (χ0n) is 9.68. The third kappa shape index (κ3) is 24.6. The Labute approximate surface area is 81.6 Å². The number of carbonyl (C=O) groups excluding carboxylic acids is 1. The number of ether oxygens (including phenoxy) is 1. The monoisotopic (exact) mass is 189 g/mol. The summed E-state index contributed by atoms with van der Waals surface area (Å²) in [6, 6.07) is 0. The van der Waals surface area contributed by atoms with E-state index >= 15 is 0 Å². The van der Waals surface area contributed by atoms with Crippen molar-refractivity contribution in [3.8, 4) is 0 Å². The molecule has 0 saturated heterocycles. The molecule has 3 nitrogen and oxygen atoms in total. The molecule has 13 heavy (non-hydrogen) atoms. The van der Waals surface area contributed by atoms with Crippen molar-refractivity contribution < 1.29 is 9.53 Å². The second-order valence-corrected chi connectivity index (χ2v) is 4.34. The van der Waals surface area contributed by atoms with E-state index in [2.05, 4.69) is 25.5 Å². The van der Waals surface area contributed by atoms with Gasteiger partial charge in [-0.2, -0.15) is 0 Å². The lowest BCUT2D eigenvalue weighted by molar-refractivity contribution is 0.0600. The molecule has 0 atom stereocenters. The van der Waals surface area contributed by atoms with Crippen molar-refractivity contribution >= 4 is 6.09 Å². The molecule has 1 amide bonds. The van der Waals surface area contributed by atoms with Crippen LogP contribution in [0.5, 0.6) is 0 Å². The van der Waals surface area contributed by atoms with Gasteiger partial charge in [0.05, 0.1) is 0 Å². The van der Waals surface area contributed by atoms with E-state index in [1.54, 1.807) is 20.8 Å². The van der Waals surface area contributed by atoms with Crippen LogP contribution < -0.4 is 5.73 Å². The van der Waals surface area contributed by atoms with Gasteiger partial charge in [0.2, 0.25) is 0 Å². The quantitative estimate of drug-likeness (QED) is 0.689. The summed E-state index contributed by atoms with van der Waals surface area (Å²) in [5.41, 5.74) is 4.26. The van der Waals surface area contributed by atoms with Crippen molar-refractivity contribution in [2.75, 3.05) is 0 Å². The molecule has 0 aromatic heterocycles. The second kappa shape index (κ2) is 6.75. The molecular weight excluding hydrogens is 166 g/mol. The summed E-state index contributed by atoms with van der Waals surface area (Å²) >= 11 is 0. The number of hydrogen-bond donors (Lipinski definition) is 1. The van der Waals surface area contributed by atoms with E-state index in [1.165, 1.54) is 6.42 Å². The number of amides is 1. The minimum Gasteiger partial charge on any atom is -0.444 e. The van der Waals surface area contributed by atoms with Crippen LogP contribution >= 0.6 is 0 Å². The first-order valence-corrected chi connectivity index (χ1v) is 4.67. The predicted molar refractivity (Wildman–Crippen MR) is 55.6 cm³/mol. The average molecular weight is 189 g/mol. The van der Waals surface area contributed by atoms with Crippen molar-refractivity contribution in [2.24, 2.45) is 11.7 Å². The number of nitrogens with two attached hydrogens (primary N) is 1. The Morgan fingerprint density at radius 1 is 1.38 bits per heavy atom. The first kappa shape index (κ1) is 14.8. The van der Waals surface area contributed by atoms with Crippen LogP contribution in [-0.2, 0) is 4.74 Å². The summed E-state index contributed by atoms with van der Waals surface area (Å²) in [5, 5.41) is 0. The van der Waals surface area contributed by atoms with E-state index in [9.17, 15) is 4.79 Å². The zero-order chi connectivity index (χ0) is 11.1. The number of primary amides is 1. The molecule has 0 spiro atoms. The fourth-order valence-electron chi connectivity index (χ4n) is 0.302. The lowest BCUT2D eigenvalue weighted by Crippen LogP contribution is -2.27. The van der Waals surface area contributed by atoms with Crippen LogP contribution in [0.25, 0.3) is 0 Å². The molecule has 0 rings (SSSR count). The Kier molecular flexibility index (Phi) is 7.67. The normalized spacial score (nSPS) is 10.4. The lowest BCUT2D eigenvalue weighted by atomic mass is 10.2. The van der Waals surface area contributed by atoms with Crippen LogP contribution in [-0.4, -0.2) is 11.7 Å². The van der Waals surface area contributed by atoms with E-state index in [4.69, 9.17) is 5.73 Å². The molecule has 0 heterocycles. The molecule has 0 unspecified atom stereocenters. The van der Waals surface area contributed by atoms with Crippen LogP contribution in [0.1, 0.15) is 48.0 Å². The largest absolute Gasteiger partial charge is 0.444 e. The molecule has 0 radical (unpaired) electrons. The maximum Gasteiger partial charge on any atom is 0.405 e. The average Bonchev–Trinajstić information content (AvgIpc) is 1.83. The summed E-state index contributed by atoms with van der Waals surface area (Å²) in [6.07, 6.45) is 0.581. The standard InChI is InChI=1S/C5H11NO2.C5H12/c1-5(2,3)8-4(6)7;1-4-5(2)3/h1-3H3,(H2,6,7);5H,4H2,1-3H3. The highest BCUT2D eigenvalue weighted by Gasteiger charge is 2.12. The van der Waals surface area contributed by atoms with E-state index in [1.807, 2.05) is 0 Å². The van der Waals surface area contributed by atoms with Crippen molar-refractivity contribution in [1.29, 1.82) is 0 Å². The van der Waals surface area contributed by atoms with Gasteiger partial charge in [0.1, 0.15) is 5.60 Å². The molecule has 80 valence electrons. The summed E-state index contributed by atoms with van der Waals surface area (Å²) in [6.45, 7) is 11.9. The van der Waals surface area contributed by atoms with E-state index in [0.717, 1.165) is 5.92 Å². The molecule has 0 bridgehead atoms. The molecule has 0 aliphatic rings. The van der Waals surface area contributed by atoms with Crippen molar-refractivity contribution in [3.05, 3.63) is 0 Å². The van der Waals surface area contributed by atoms with Gasteiger partial charge in [0, 0.05) is 0 Å². The smallest absolute Gasteiger partial charge is 0.405 e. The molecule has 0 aromatic rings. The summed E-state index contributed by atoms with van der Waals surface area (Å²) < 4.78 is 4.58. The second-order valence-electron chi connectivity index (χ2n) is 4.34. The maximum absolute atomic E-state index is 10.0. The van der Waals surface area contributed by atoms with Gasteiger partial charge >= 0.3 is 6.09 Å². The van der Waals surface area contributed by atoms with Gasteiger partial charge in [0.25, 0.3) is 0 Å². The first-order valence-electron chi connectivity index (χ1n) is 4.67. The molecule has 0 fully saturated rings. The fraction of sp³-hybridized carbons (Fsp3) is 0.900. The number of hydrogen-bond acceptors (Lipinski definition) is 2. The highest BCUT2D eigenvalue weighted by atomic mass is 16.6. The highest BCUT2D eigenvalue weighted by Crippen LogP contribution is 2.04. The minimum absolute atomic E-state index is 0.453. The Hall–Kier alpha value is -0.730. The van der Waals surface area contributed by atoms with E-state index in [-0.39, 0.29) is 0 Å². The highest BCUT2D eigenvalue weighted by molar-refractivity contribution is 5.65. The van der Waals surface area contributed by atoms with Gasteiger partial charge in [-0.25, -0.2) is 4.79 Å². The topological polar surface area (TPSA) is 52.3 Å². The Balaban J connectivity index is 0. The third-order valence-electron chi connectivity index (χ3n) is 1.22. The first-order chi connectivity index (χ1) is 5.69. The molecule has 0 aliphatic heterocycles. The third-order valence-corrected chi connectivity index (χ3v) is 1.22. The maximum atomic E-state index is 10.0. The molecule has 3 heteroatoms. The van der Waals surface area contributed by atoms with Gasteiger partial charge in [-0.05, 0) is 26.7 Å². The van der Waals surface area contributed by atoms with Crippen molar-refractivity contribution in [2.45, 2.75) is 53.6 Å². The van der Waals surface area contributed by atoms with E-state index in [0.29, 0.717) is 0 Å². The predicted octanol–water partition coefficient (Wildman–Crippen LogP) is 2.93. The van der Waals surface area contributed by atoms with Crippen LogP contribution in [0, 0.1) is 5.92 Å². The van der Waals surface area contributed by atoms with Gasteiger partial charge in [-0.15, -0.1) is 0 Å². The van der Waals surface area contributed by atoms with Gasteiger partial charge in [-0.3, -0.25) is 0 Å². The Bertz CT molecular complexity index is 136. The van der Waals surface area contributed by atoms with Gasteiger partial charge in [0.15, 0.2) is 0 Å². The SMILES string of the molecule is CC(C)(C)OC(N)=O.CCC(C)C. The summed E-state index contributed by atoms with van der Waals surface area (Å²) in [4.78, 5) is 10.0. The van der Waals surface area contributed by atoms with Gasteiger partial charge in [-0.1, -0.05) is 27.2 Å². The van der Waals surface area contributed by atoms with Crippen LogP contribution in [0.15, 0.2) is 0 Å². The Morgan fingerprint density at radius 2 is 1.69 bits per heavy atom. The molecule has 0 aromatic carbocycles. The molecule has 2 N–H and O–H groups in total. The van der Waals surface area contributed by atoms with E-state index < -0.39 is 11.7 Å². The zero-order valence-corrected chi connectivity index (χ0v) is 9.68.